The number of nitrogens with two attached hydrogens (primary N) is 1. The Labute approximate surface area is 197 Å². The first-order valence-electron chi connectivity index (χ1n) is 10.6. The summed E-state index contributed by atoms with van der Waals surface area (Å²) in [5.74, 6) is 0.337. The Balaban J connectivity index is 1.18. The molecule has 0 atom stereocenters. The number of halogens is 1. The molecule has 32 heavy (non-hydrogen) atoms. The van der Waals surface area contributed by atoms with E-state index >= 15 is 0 Å². The van der Waals surface area contributed by atoms with E-state index in [2.05, 4.69) is 20.2 Å². The van der Waals surface area contributed by atoms with E-state index in [9.17, 15) is 4.79 Å². The smallest absolute Gasteiger partial charge is 0.230 e. The fraction of sp³-hybridized carbons (Fsp3) is 0.292. The third-order valence-corrected chi connectivity index (χ3v) is 6.69. The number of hydrogen-bond acceptors (Lipinski definition) is 6. The van der Waals surface area contributed by atoms with Crippen molar-refractivity contribution in [2.45, 2.75) is 30.6 Å². The van der Waals surface area contributed by atoms with Gasteiger partial charge in [-0.2, -0.15) is 0 Å². The largest absolute Gasteiger partial charge is 0.398 e. The minimum atomic E-state index is 0.0227. The van der Waals surface area contributed by atoms with Crippen molar-refractivity contribution in [3.63, 3.8) is 0 Å². The van der Waals surface area contributed by atoms with Gasteiger partial charge in [-0.1, -0.05) is 59.8 Å². The minimum absolute atomic E-state index is 0.0227. The number of nitrogens with one attached hydrogen (secondary N) is 1. The van der Waals surface area contributed by atoms with Crippen LogP contribution in [0.15, 0.2) is 66.1 Å². The van der Waals surface area contributed by atoms with E-state index < -0.39 is 0 Å². The molecule has 0 unspecified atom stereocenters. The van der Waals surface area contributed by atoms with Crippen molar-refractivity contribution in [1.29, 1.82) is 0 Å². The van der Waals surface area contributed by atoms with Gasteiger partial charge in [-0.25, -0.2) is 9.97 Å². The predicted octanol–water partition coefficient (Wildman–Crippen LogP) is 4.25. The third kappa shape index (κ3) is 6.22. The number of aromatic nitrogens is 2. The minimum Gasteiger partial charge on any atom is -0.398 e. The molecule has 0 aliphatic carbocycles. The summed E-state index contributed by atoms with van der Waals surface area (Å²) in [5, 5.41) is 4.35. The zero-order valence-corrected chi connectivity index (χ0v) is 19.3. The lowest BCUT2D eigenvalue weighted by Crippen LogP contribution is -2.44. The van der Waals surface area contributed by atoms with Gasteiger partial charge in [0.25, 0.3) is 0 Å². The summed E-state index contributed by atoms with van der Waals surface area (Å²) in [4.78, 5) is 23.5. The Morgan fingerprint density at radius 3 is 2.50 bits per heavy atom. The molecular weight excluding hydrogens is 442 g/mol. The van der Waals surface area contributed by atoms with Crippen molar-refractivity contribution in [3.05, 3.63) is 71.5 Å². The first-order chi connectivity index (χ1) is 15.6. The van der Waals surface area contributed by atoms with Crippen molar-refractivity contribution in [1.82, 2.24) is 20.2 Å². The molecule has 0 spiro atoms. The van der Waals surface area contributed by atoms with Gasteiger partial charge in [0.1, 0.15) is 0 Å². The maximum Gasteiger partial charge on any atom is 0.230 e. The summed E-state index contributed by atoms with van der Waals surface area (Å²) < 4.78 is 0. The molecule has 8 heteroatoms. The van der Waals surface area contributed by atoms with Crippen LogP contribution in [0, 0.1) is 0 Å². The Morgan fingerprint density at radius 1 is 1.09 bits per heavy atom. The average molecular weight is 468 g/mol. The van der Waals surface area contributed by atoms with Crippen molar-refractivity contribution in [2.24, 2.45) is 0 Å². The highest BCUT2D eigenvalue weighted by molar-refractivity contribution is 7.99. The van der Waals surface area contributed by atoms with Crippen molar-refractivity contribution in [3.8, 4) is 11.1 Å². The van der Waals surface area contributed by atoms with Crippen LogP contribution in [0.3, 0.4) is 0 Å². The van der Waals surface area contributed by atoms with Gasteiger partial charge in [-0.15, -0.1) is 0 Å². The van der Waals surface area contributed by atoms with Gasteiger partial charge in [0.05, 0.1) is 16.5 Å². The Kier molecular flexibility index (Phi) is 7.63. The summed E-state index contributed by atoms with van der Waals surface area (Å²) in [6, 6.07) is 16.0. The van der Waals surface area contributed by atoms with Crippen LogP contribution in [-0.2, 0) is 11.3 Å². The van der Waals surface area contributed by atoms with E-state index in [1.165, 1.54) is 11.8 Å². The monoisotopic (exact) mass is 467 g/mol. The Hall–Kier alpha value is -2.61. The Morgan fingerprint density at radius 2 is 1.81 bits per heavy atom. The van der Waals surface area contributed by atoms with Crippen molar-refractivity contribution < 1.29 is 4.79 Å². The van der Waals surface area contributed by atoms with E-state index in [1.807, 2.05) is 48.5 Å². The van der Waals surface area contributed by atoms with Crippen molar-refractivity contribution >= 4 is 35.0 Å². The van der Waals surface area contributed by atoms with Gasteiger partial charge in [-0.3, -0.25) is 9.69 Å². The lowest BCUT2D eigenvalue weighted by molar-refractivity contribution is -0.119. The first kappa shape index (κ1) is 22.6. The molecule has 0 saturated carbocycles. The Bertz CT molecular complexity index is 1040. The number of nitrogens with zero attached hydrogens (tertiary/aromatic N) is 3. The zero-order chi connectivity index (χ0) is 22.3. The second-order valence-corrected chi connectivity index (χ2v) is 9.23. The third-order valence-electron chi connectivity index (χ3n) is 5.49. The second kappa shape index (κ2) is 10.8. The summed E-state index contributed by atoms with van der Waals surface area (Å²) in [7, 11) is 0. The molecule has 1 fully saturated rings. The number of likely N-dealkylation sites (tertiary alicyclic amines) is 1. The van der Waals surface area contributed by atoms with E-state index in [4.69, 9.17) is 17.3 Å². The van der Waals surface area contributed by atoms with E-state index in [-0.39, 0.29) is 11.9 Å². The second-order valence-electron chi connectivity index (χ2n) is 7.88. The normalized spacial score (nSPS) is 14.9. The quantitative estimate of drug-likeness (QED) is 0.307. The average Bonchev–Trinajstić information content (AvgIpc) is 2.82. The molecule has 166 valence electrons. The van der Waals surface area contributed by atoms with Gasteiger partial charge in [-0.05, 0) is 36.1 Å². The predicted molar refractivity (Wildman–Crippen MR) is 130 cm³/mol. The number of amides is 1. The SMILES string of the molecule is Nc1ccc(CN2CCC(NC(=O)CSc3ncc(-c4ccccc4)cn3)CC2)cc1Cl. The van der Waals surface area contributed by atoms with Crippen LogP contribution in [0.1, 0.15) is 18.4 Å². The number of carbonyl (C=O) groups excluding carboxylic acids is 1. The molecule has 0 bridgehead atoms. The lowest BCUT2D eigenvalue weighted by Gasteiger charge is -2.32. The first-order valence-corrected chi connectivity index (χ1v) is 12.0. The fourth-order valence-corrected chi connectivity index (χ4v) is 4.53. The molecule has 6 nitrogen and oxygen atoms in total. The molecule has 4 rings (SSSR count). The van der Waals surface area contributed by atoms with Gasteiger partial charge >= 0.3 is 0 Å². The van der Waals surface area contributed by atoms with Crippen LogP contribution < -0.4 is 11.1 Å². The molecule has 1 amide bonds. The molecule has 3 aromatic rings. The van der Waals surface area contributed by atoms with Crippen LogP contribution in [0.2, 0.25) is 5.02 Å². The summed E-state index contributed by atoms with van der Waals surface area (Å²) in [5.41, 5.74) is 9.58. The molecule has 1 aliphatic rings. The molecule has 1 aromatic heterocycles. The standard InChI is InChI=1S/C24H26ClN5OS/c25-21-12-17(6-7-22(21)26)15-30-10-8-20(9-11-30)29-23(31)16-32-24-27-13-19(14-28-24)18-4-2-1-3-5-18/h1-7,12-14,20H,8-11,15-16,26H2,(H,29,31). The number of rotatable bonds is 7. The number of hydrogen-bond donors (Lipinski definition) is 2. The fourth-order valence-electron chi connectivity index (χ4n) is 3.73. The van der Waals surface area contributed by atoms with Gasteiger partial charge in [0.2, 0.25) is 5.91 Å². The summed E-state index contributed by atoms with van der Waals surface area (Å²) in [6.07, 6.45) is 5.46. The summed E-state index contributed by atoms with van der Waals surface area (Å²) >= 11 is 7.48. The molecule has 3 N–H and O–H groups in total. The molecule has 2 aromatic carbocycles. The number of thioether (sulfide) groups is 1. The van der Waals surface area contributed by atoms with Crippen molar-refractivity contribution in [2.75, 3.05) is 24.6 Å². The van der Waals surface area contributed by atoms with Gasteiger partial charge < -0.3 is 11.1 Å². The molecule has 1 aliphatic heterocycles. The number of anilines is 1. The van der Waals surface area contributed by atoms with E-state index in [1.54, 1.807) is 12.4 Å². The number of nitrogen functional groups attached to an aromatic ring is 1. The highest BCUT2D eigenvalue weighted by atomic mass is 35.5. The van der Waals surface area contributed by atoms with Crippen LogP contribution in [0.5, 0.6) is 0 Å². The topological polar surface area (TPSA) is 84.1 Å². The molecular formula is C24H26ClN5OS. The maximum atomic E-state index is 12.4. The van der Waals surface area contributed by atoms with Crippen LogP contribution in [-0.4, -0.2) is 45.7 Å². The van der Waals surface area contributed by atoms with Gasteiger partial charge in [0, 0.05) is 43.6 Å². The molecule has 1 saturated heterocycles. The number of piperidine rings is 1. The highest BCUT2D eigenvalue weighted by Gasteiger charge is 2.21. The van der Waals surface area contributed by atoms with Gasteiger partial charge in [0.15, 0.2) is 5.16 Å². The highest BCUT2D eigenvalue weighted by Crippen LogP contribution is 2.22. The molecule has 2 heterocycles. The van der Waals surface area contributed by atoms with Crippen LogP contribution >= 0.6 is 23.4 Å². The number of benzene rings is 2. The van der Waals surface area contributed by atoms with Crippen LogP contribution in [0.4, 0.5) is 5.69 Å². The summed E-state index contributed by atoms with van der Waals surface area (Å²) in [6.45, 7) is 2.71. The maximum absolute atomic E-state index is 12.4. The zero-order valence-electron chi connectivity index (χ0n) is 17.7. The van der Waals surface area contributed by atoms with E-state index in [0.29, 0.717) is 21.6 Å². The number of carbonyl (C=O) groups is 1. The van der Waals surface area contributed by atoms with E-state index in [0.717, 1.165) is 49.2 Å². The lowest BCUT2D eigenvalue weighted by atomic mass is 10.0. The van der Waals surface area contributed by atoms with Crippen LogP contribution in [0.25, 0.3) is 11.1 Å². The molecule has 0 radical (unpaired) electrons.